The van der Waals surface area contributed by atoms with Crippen LogP contribution in [0.1, 0.15) is 11.1 Å². The van der Waals surface area contributed by atoms with E-state index in [-0.39, 0.29) is 17.3 Å². The van der Waals surface area contributed by atoms with Crippen LogP contribution in [0.3, 0.4) is 0 Å². The van der Waals surface area contributed by atoms with Crippen molar-refractivity contribution in [3.8, 4) is 5.75 Å². The first-order valence-corrected chi connectivity index (χ1v) is 12.7. The molecule has 1 fully saturated rings. The van der Waals surface area contributed by atoms with Gasteiger partial charge in [-0.05, 0) is 81.8 Å². The summed E-state index contributed by atoms with van der Waals surface area (Å²) in [5.41, 5.74) is 1.89. The van der Waals surface area contributed by atoms with Crippen molar-refractivity contribution in [2.75, 3.05) is 11.9 Å². The minimum absolute atomic E-state index is 0.174. The van der Waals surface area contributed by atoms with E-state index >= 15 is 0 Å². The zero-order chi connectivity index (χ0) is 24.9. The second-order valence-corrected chi connectivity index (χ2v) is 10.2. The molecule has 0 aromatic heterocycles. The summed E-state index contributed by atoms with van der Waals surface area (Å²) in [7, 11) is 0. The summed E-state index contributed by atoms with van der Waals surface area (Å²) in [6.45, 7) is -0.213. The monoisotopic (exact) mass is 618 g/mol. The van der Waals surface area contributed by atoms with Gasteiger partial charge in [0.1, 0.15) is 24.7 Å². The van der Waals surface area contributed by atoms with Crippen molar-refractivity contribution in [1.29, 1.82) is 0 Å². The number of carbonyl (C=O) groups is 3. The number of anilines is 1. The number of nitrogens with one attached hydrogen (secondary N) is 1. The number of hydrogen-bond acceptors (Lipinski definition) is 5. The molecular weight excluding hydrogens is 603 g/mol. The Balaban J connectivity index is 1.48. The topological polar surface area (TPSA) is 75.7 Å². The van der Waals surface area contributed by atoms with Crippen molar-refractivity contribution in [2.45, 2.75) is 6.61 Å². The van der Waals surface area contributed by atoms with E-state index in [0.717, 1.165) is 26.7 Å². The molecule has 1 saturated heterocycles. The lowest BCUT2D eigenvalue weighted by atomic mass is 10.1. The SMILES string of the molecule is O=C(CN1C(=O)S/C(=C\c2cc(Br)ccc2OCc2ccc(F)cc2)C1=O)Nc1ccccc1Br. The third-order valence-electron chi connectivity index (χ3n) is 4.89. The Morgan fingerprint density at radius 1 is 1.06 bits per heavy atom. The Hall–Kier alpha value is -2.95. The molecule has 1 aliphatic heterocycles. The van der Waals surface area contributed by atoms with E-state index in [1.165, 1.54) is 12.1 Å². The normalized spacial score (nSPS) is 14.5. The second kappa shape index (κ2) is 11.2. The average molecular weight is 620 g/mol. The van der Waals surface area contributed by atoms with Crippen LogP contribution < -0.4 is 10.1 Å². The van der Waals surface area contributed by atoms with Crippen LogP contribution in [0.4, 0.5) is 14.9 Å². The second-order valence-electron chi connectivity index (χ2n) is 7.39. The van der Waals surface area contributed by atoms with Gasteiger partial charge in [0.05, 0.1) is 10.6 Å². The van der Waals surface area contributed by atoms with Crippen molar-refractivity contribution in [3.63, 3.8) is 0 Å². The Morgan fingerprint density at radius 2 is 1.80 bits per heavy atom. The molecule has 0 radical (unpaired) electrons. The van der Waals surface area contributed by atoms with Gasteiger partial charge in [0.2, 0.25) is 5.91 Å². The quantitative estimate of drug-likeness (QED) is 0.301. The number of thioether (sulfide) groups is 1. The lowest BCUT2D eigenvalue weighted by molar-refractivity contribution is -0.127. The molecule has 0 unspecified atom stereocenters. The number of halogens is 3. The summed E-state index contributed by atoms with van der Waals surface area (Å²) in [5, 5.41) is 2.15. The molecule has 35 heavy (non-hydrogen) atoms. The van der Waals surface area contributed by atoms with Crippen LogP contribution in [0.25, 0.3) is 6.08 Å². The molecule has 1 heterocycles. The minimum atomic E-state index is -0.563. The van der Waals surface area contributed by atoms with Crippen molar-refractivity contribution < 1.29 is 23.5 Å². The molecule has 10 heteroatoms. The number of imide groups is 1. The minimum Gasteiger partial charge on any atom is -0.488 e. The summed E-state index contributed by atoms with van der Waals surface area (Å²) in [4.78, 5) is 39.0. The van der Waals surface area contributed by atoms with Gasteiger partial charge >= 0.3 is 0 Å². The Morgan fingerprint density at radius 3 is 2.54 bits per heavy atom. The first kappa shape index (κ1) is 25.2. The van der Waals surface area contributed by atoms with E-state index in [2.05, 4.69) is 37.2 Å². The number of para-hydroxylation sites is 1. The van der Waals surface area contributed by atoms with E-state index in [0.29, 0.717) is 21.5 Å². The van der Waals surface area contributed by atoms with Crippen molar-refractivity contribution in [1.82, 2.24) is 4.90 Å². The number of benzene rings is 3. The maximum Gasteiger partial charge on any atom is 0.294 e. The number of hydrogen-bond donors (Lipinski definition) is 1. The molecule has 3 aromatic rings. The van der Waals surface area contributed by atoms with E-state index in [4.69, 9.17) is 4.74 Å². The standard InChI is InChI=1S/C25H17Br2FN2O4S/c26-17-7-10-21(34-14-15-5-8-18(28)9-6-15)16(11-17)12-22-24(32)30(25(33)35-22)13-23(31)29-20-4-2-1-3-19(20)27/h1-12H,13-14H2,(H,29,31)/b22-12-. The molecule has 3 amide bonds. The zero-order valence-electron chi connectivity index (χ0n) is 18.0. The summed E-state index contributed by atoms with van der Waals surface area (Å²) in [6, 6.07) is 18.3. The molecule has 4 rings (SSSR count). The van der Waals surface area contributed by atoms with Gasteiger partial charge in [-0.3, -0.25) is 19.3 Å². The lowest BCUT2D eigenvalue weighted by Gasteiger charge is -2.13. The van der Waals surface area contributed by atoms with E-state index < -0.39 is 23.6 Å². The smallest absolute Gasteiger partial charge is 0.294 e. The van der Waals surface area contributed by atoms with Gasteiger partial charge < -0.3 is 10.1 Å². The van der Waals surface area contributed by atoms with E-state index in [1.54, 1.807) is 60.7 Å². The van der Waals surface area contributed by atoms with Gasteiger partial charge in [0.15, 0.2) is 0 Å². The van der Waals surface area contributed by atoms with E-state index in [9.17, 15) is 18.8 Å². The first-order chi connectivity index (χ1) is 16.8. The van der Waals surface area contributed by atoms with Crippen molar-refractivity contribution >= 4 is 72.4 Å². The van der Waals surface area contributed by atoms with Crippen molar-refractivity contribution in [3.05, 3.63) is 97.5 Å². The van der Waals surface area contributed by atoms with Gasteiger partial charge in [-0.1, -0.05) is 40.2 Å². The Kier molecular flexibility index (Phi) is 8.04. The molecule has 1 aliphatic rings. The predicted octanol–water partition coefficient (Wildman–Crippen LogP) is 6.60. The number of nitrogens with zero attached hydrogens (tertiary/aromatic N) is 1. The van der Waals surface area contributed by atoms with Gasteiger partial charge in [0, 0.05) is 14.5 Å². The Labute approximate surface area is 221 Å². The number of ether oxygens (including phenoxy) is 1. The molecule has 0 atom stereocenters. The van der Waals surface area contributed by atoms with Crippen LogP contribution in [0.5, 0.6) is 5.75 Å². The first-order valence-electron chi connectivity index (χ1n) is 10.3. The molecular formula is C25H17Br2FN2O4S. The maximum absolute atomic E-state index is 13.1. The number of amides is 3. The Bertz CT molecular complexity index is 1330. The fourth-order valence-corrected chi connectivity index (χ4v) is 4.77. The number of carbonyl (C=O) groups excluding carboxylic acids is 3. The molecule has 6 nitrogen and oxygen atoms in total. The largest absolute Gasteiger partial charge is 0.488 e. The van der Waals surface area contributed by atoms with Crippen LogP contribution >= 0.6 is 43.6 Å². The fourth-order valence-electron chi connectivity index (χ4n) is 3.18. The fraction of sp³-hybridized carbons (Fsp3) is 0.0800. The highest BCUT2D eigenvalue weighted by molar-refractivity contribution is 9.10. The third kappa shape index (κ3) is 6.39. The highest BCUT2D eigenvalue weighted by Gasteiger charge is 2.36. The van der Waals surface area contributed by atoms with Crippen LogP contribution in [0.15, 0.2) is 80.6 Å². The third-order valence-corrected chi connectivity index (χ3v) is 6.98. The van der Waals surface area contributed by atoms with Crippen LogP contribution in [-0.2, 0) is 16.2 Å². The van der Waals surface area contributed by atoms with Crippen LogP contribution in [-0.4, -0.2) is 28.5 Å². The molecule has 0 saturated carbocycles. The summed E-state index contributed by atoms with van der Waals surface area (Å²) >= 11 is 7.51. The zero-order valence-corrected chi connectivity index (χ0v) is 22.0. The molecule has 3 aromatic carbocycles. The van der Waals surface area contributed by atoms with Crippen LogP contribution in [0, 0.1) is 5.82 Å². The summed E-state index contributed by atoms with van der Waals surface area (Å²) in [5.74, 6) is -0.909. The average Bonchev–Trinajstić information content (AvgIpc) is 3.08. The molecule has 0 spiro atoms. The summed E-state index contributed by atoms with van der Waals surface area (Å²) < 4.78 is 20.5. The molecule has 0 bridgehead atoms. The van der Waals surface area contributed by atoms with Gasteiger partial charge in [-0.2, -0.15) is 0 Å². The van der Waals surface area contributed by atoms with Gasteiger partial charge in [0.25, 0.3) is 11.1 Å². The van der Waals surface area contributed by atoms with E-state index in [1.807, 2.05) is 0 Å². The predicted molar refractivity (Wildman–Crippen MR) is 140 cm³/mol. The summed E-state index contributed by atoms with van der Waals surface area (Å²) in [6.07, 6.45) is 1.56. The number of rotatable bonds is 7. The molecule has 0 aliphatic carbocycles. The van der Waals surface area contributed by atoms with Crippen molar-refractivity contribution in [2.24, 2.45) is 0 Å². The highest BCUT2D eigenvalue weighted by Crippen LogP contribution is 2.35. The lowest BCUT2D eigenvalue weighted by Crippen LogP contribution is -2.36. The van der Waals surface area contributed by atoms with Gasteiger partial charge in [-0.15, -0.1) is 0 Å². The molecule has 178 valence electrons. The maximum atomic E-state index is 13.1. The van der Waals surface area contributed by atoms with Gasteiger partial charge in [-0.25, -0.2) is 4.39 Å². The molecule has 1 N–H and O–H groups in total. The highest BCUT2D eigenvalue weighted by atomic mass is 79.9. The van der Waals surface area contributed by atoms with Crippen LogP contribution in [0.2, 0.25) is 0 Å².